The molecule has 0 aromatic carbocycles. The van der Waals surface area contributed by atoms with E-state index in [0.29, 0.717) is 6.61 Å². The molecule has 0 radical (unpaired) electrons. The highest BCUT2D eigenvalue weighted by Gasteiger charge is 2.25. The van der Waals surface area contributed by atoms with E-state index in [9.17, 15) is 0 Å². The Bertz CT molecular complexity index is 530. The zero-order chi connectivity index (χ0) is 16.1. The third-order valence-electron chi connectivity index (χ3n) is 4.27. The monoisotopic (exact) mass is 449 g/mol. The largest absolute Gasteiger partial charge is 0.376 e. The summed E-state index contributed by atoms with van der Waals surface area (Å²) in [6, 6.07) is 0. The molecule has 2 aliphatic rings. The standard InChI is InChI=1S/C16H27N5O2.HI/c1-3-17-16(18-10-14-5-4-7-22-14)21-6-8-23-15(12-21)13-9-19-20(2)11-13;/h9,11,14-15H,3-8,10,12H2,1-2H3,(H,17,18);1H. The first-order chi connectivity index (χ1) is 11.3. The minimum atomic E-state index is 0. The van der Waals surface area contributed by atoms with E-state index in [2.05, 4.69) is 22.2 Å². The second-order valence-electron chi connectivity index (χ2n) is 6.08. The Balaban J connectivity index is 0.00000208. The Kier molecular flexibility index (Phi) is 7.76. The van der Waals surface area contributed by atoms with Crippen LogP contribution in [0.2, 0.25) is 0 Å². The summed E-state index contributed by atoms with van der Waals surface area (Å²) in [6.07, 6.45) is 6.49. The van der Waals surface area contributed by atoms with Gasteiger partial charge in [-0.1, -0.05) is 0 Å². The van der Waals surface area contributed by atoms with Gasteiger partial charge in [0.05, 0.1) is 32.0 Å². The van der Waals surface area contributed by atoms with Crippen LogP contribution in [0.4, 0.5) is 0 Å². The molecule has 136 valence electrons. The molecule has 3 rings (SSSR count). The molecule has 2 fully saturated rings. The van der Waals surface area contributed by atoms with Crippen LogP contribution in [0.5, 0.6) is 0 Å². The second-order valence-corrected chi connectivity index (χ2v) is 6.08. The Morgan fingerprint density at radius 1 is 1.42 bits per heavy atom. The smallest absolute Gasteiger partial charge is 0.194 e. The lowest BCUT2D eigenvalue weighted by Crippen LogP contribution is -2.48. The van der Waals surface area contributed by atoms with Crippen molar-refractivity contribution in [2.75, 3.05) is 39.4 Å². The van der Waals surface area contributed by atoms with Crippen LogP contribution in [0.25, 0.3) is 0 Å². The van der Waals surface area contributed by atoms with Crippen molar-refractivity contribution >= 4 is 29.9 Å². The molecule has 2 saturated heterocycles. The van der Waals surface area contributed by atoms with Crippen molar-refractivity contribution in [3.05, 3.63) is 18.0 Å². The molecule has 1 aromatic rings. The number of hydrogen-bond acceptors (Lipinski definition) is 4. The van der Waals surface area contributed by atoms with Gasteiger partial charge in [-0.25, -0.2) is 0 Å². The van der Waals surface area contributed by atoms with Crippen molar-refractivity contribution in [2.24, 2.45) is 12.0 Å². The van der Waals surface area contributed by atoms with Crippen LogP contribution >= 0.6 is 24.0 Å². The highest BCUT2D eigenvalue weighted by atomic mass is 127. The third-order valence-corrected chi connectivity index (χ3v) is 4.27. The van der Waals surface area contributed by atoms with Crippen molar-refractivity contribution in [2.45, 2.75) is 32.0 Å². The number of nitrogens with zero attached hydrogens (tertiary/aromatic N) is 4. The normalized spacial score (nSPS) is 24.8. The van der Waals surface area contributed by atoms with Gasteiger partial charge in [0, 0.05) is 38.5 Å². The maximum absolute atomic E-state index is 5.91. The van der Waals surface area contributed by atoms with Crippen LogP contribution in [-0.4, -0.2) is 66.1 Å². The first-order valence-electron chi connectivity index (χ1n) is 8.51. The van der Waals surface area contributed by atoms with Crippen molar-refractivity contribution in [3.63, 3.8) is 0 Å². The highest BCUT2D eigenvalue weighted by molar-refractivity contribution is 14.0. The van der Waals surface area contributed by atoms with Gasteiger partial charge in [0.25, 0.3) is 0 Å². The average Bonchev–Trinajstić information content (AvgIpc) is 3.23. The van der Waals surface area contributed by atoms with Gasteiger partial charge < -0.3 is 19.7 Å². The molecule has 8 heteroatoms. The maximum atomic E-state index is 5.91. The van der Waals surface area contributed by atoms with Crippen LogP contribution in [0.1, 0.15) is 31.4 Å². The lowest BCUT2D eigenvalue weighted by Gasteiger charge is -2.35. The van der Waals surface area contributed by atoms with Gasteiger partial charge in [-0.3, -0.25) is 9.67 Å². The van der Waals surface area contributed by atoms with E-state index in [4.69, 9.17) is 14.5 Å². The van der Waals surface area contributed by atoms with Gasteiger partial charge in [0.1, 0.15) is 6.10 Å². The number of nitrogens with one attached hydrogen (secondary N) is 1. The fourth-order valence-corrected chi connectivity index (χ4v) is 3.05. The molecule has 0 spiro atoms. The minimum Gasteiger partial charge on any atom is -0.376 e. The van der Waals surface area contributed by atoms with Gasteiger partial charge in [-0.05, 0) is 19.8 Å². The lowest BCUT2D eigenvalue weighted by atomic mass is 10.1. The summed E-state index contributed by atoms with van der Waals surface area (Å²) < 4.78 is 13.4. The van der Waals surface area contributed by atoms with Gasteiger partial charge in [0.2, 0.25) is 0 Å². The fourth-order valence-electron chi connectivity index (χ4n) is 3.05. The number of aliphatic imine (C=N–C) groups is 1. The molecule has 0 bridgehead atoms. The van der Waals surface area contributed by atoms with Gasteiger partial charge in [-0.15, -0.1) is 24.0 Å². The highest BCUT2D eigenvalue weighted by Crippen LogP contribution is 2.21. The van der Waals surface area contributed by atoms with Crippen molar-refractivity contribution < 1.29 is 9.47 Å². The molecule has 7 nitrogen and oxygen atoms in total. The summed E-state index contributed by atoms with van der Waals surface area (Å²) in [5, 5.41) is 7.64. The van der Waals surface area contributed by atoms with Crippen molar-refractivity contribution in [1.82, 2.24) is 20.0 Å². The molecule has 24 heavy (non-hydrogen) atoms. The lowest BCUT2D eigenvalue weighted by molar-refractivity contribution is -0.00813. The van der Waals surface area contributed by atoms with E-state index < -0.39 is 0 Å². The number of ether oxygens (including phenoxy) is 2. The number of guanidine groups is 1. The predicted molar refractivity (Wildman–Crippen MR) is 104 cm³/mol. The number of hydrogen-bond donors (Lipinski definition) is 1. The summed E-state index contributed by atoms with van der Waals surface area (Å²) in [6.45, 7) is 6.91. The Hall–Kier alpha value is -0.870. The molecule has 1 aromatic heterocycles. The summed E-state index contributed by atoms with van der Waals surface area (Å²) in [5.74, 6) is 0.959. The van der Waals surface area contributed by atoms with E-state index in [0.717, 1.165) is 57.2 Å². The SMILES string of the molecule is CCNC(=NCC1CCCO1)N1CCOC(c2cnn(C)c2)C1.I. The number of rotatable bonds is 4. The Morgan fingerprint density at radius 3 is 2.96 bits per heavy atom. The van der Waals surface area contributed by atoms with E-state index in [1.807, 2.05) is 24.1 Å². The van der Waals surface area contributed by atoms with Crippen molar-refractivity contribution in [1.29, 1.82) is 0 Å². The molecule has 0 amide bonds. The van der Waals surface area contributed by atoms with Crippen LogP contribution in [0.3, 0.4) is 0 Å². The van der Waals surface area contributed by atoms with Crippen molar-refractivity contribution in [3.8, 4) is 0 Å². The molecule has 1 N–H and O–H groups in total. The summed E-state index contributed by atoms with van der Waals surface area (Å²) >= 11 is 0. The molecule has 2 atom stereocenters. The van der Waals surface area contributed by atoms with Gasteiger partial charge in [0.15, 0.2) is 5.96 Å². The number of halogens is 1. The molecule has 0 aliphatic carbocycles. The first-order valence-corrected chi connectivity index (χ1v) is 8.51. The zero-order valence-electron chi connectivity index (χ0n) is 14.5. The first kappa shape index (κ1) is 19.5. The Labute approximate surface area is 160 Å². The number of aromatic nitrogens is 2. The topological polar surface area (TPSA) is 63.9 Å². The quantitative estimate of drug-likeness (QED) is 0.430. The van der Waals surface area contributed by atoms with Gasteiger partial charge >= 0.3 is 0 Å². The predicted octanol–water partition coefficient (Wildman–Crippen LogP) is 1.56. The van der Waals surface area contributed by atoms with Crippen LogP contribution in [-0.2, 0) is 16.5 Å². The molecule has 2 aliphatic heterocycles. The molecular formula is C16H28IN5O2. The summed E-state index contributed by atoms with van der Waals surface area (Å²) in [7, 11) is 1.93. The molecular weight excluding hydrogens is 421 g/mol. The number of aryl methyl sites for hydroxylation is 1. The summed E-state index contributed by atoms with van der Waals surface area (Å²) in [4.78, 5) is 7.06. The fraction of sp³-hybridized carbons (Fsp3) is 0.750. The van der Waals surface area contributed by atoms with E-state index in [1.165, 1.54) is 0 Å². The third kappa shape index (κ3) is 5.06. The molecule has 2 unspecified atom stereocenters. The average molecular weight is 449 g/mol. The van der Waals surface area contributed by atoms with E-state index in [-0.39, 0.29) is 36.2 Å². The molecule has 0 saturated carbocycles. The Morgan fingerprint density at radius 2 is 2.29 bits per heavy atom. The van der Waals surface area contributed by atoms with Gasteiger partial charge in [-0.2, -0.15) is 5.10 Å². The maximum Gasteiger partial charge on any atom is 0.194 e. The van der Waals surface area contributed by atoms with Crippen LogP contribution in [0.15, 0.2) is 17.4 Å². The zero-order valence-corrected chi connectivity index (χ0v) is 16.8. The molecule has 3 heterocycles. The van der Waals surface area contributed by atoms with Crippen LogP contribution < -0.4 is 5.32 Å². The number of morpholine rings is 1. The minimum absolute atomic E-state index is 0. The second kappa shape index (κ2) is 9.57. The van der Waals surface area contributed by atoms with Crippen LogP contribution in [0, 0.1) is 0 Å². The summed E-state index contributed by atoms with van der Waals surface area (Å²) in [5.41, 5.74) is 1.12. The van der Waals surface area contributed by atoms with E-state index in [1.54, 1.807) is 0 Å². The van der Waals surface area contributed by atoms with E-state index >= 15 is 0 Å².